The number of hydrogen-bond donors (Lipinski definition) is 0. The molecular weight excluding hydrogens is 661 g/mol. The summed E-state index contributed by atoms with van der Waals surface area (Å²) in [4.78, 5) is 10.5. The van der Waals surface area contributed by atoms with Crippen LogP contribution in [0.25, 0.3) is 98.2 Å². The van der Waals surface area contributed by atoms with Crippen molar-refractivity contribution in [1.29, 1.82) is 0 Å². The third kappa shape index (κ3) is 5.97. The van der Waals surface area contributed by atoms with Crippen molar-refractivity contribution in [2.45, 2.75) is 0 Å². The van der Waals surface area contributed by atoms with Gasteiger partial charge in [0, 0.05) is 36.9 Å². The summed E-state index contributed by atoms with van der Waals surface area (Å²) < 4.78 is 2.60. The lowest BCUT2D eigenvalue weighted by molar-refractivity contribution is 1.18. The minimum atomic E-state index is 0.697. The normalized spacial score (nSPS) is 11.4. The van der Waals surface area contributed by atoms with Gasteiger partial charge in [-0.1, -0.05) is 146 Å². The van der Waals surface area contributed by atoms with Crippen LogP contribution in [0.15, 0.2) is 194 Å². The molecule has 8 aromatic carbocycles. The Morgan fingerprint density at radius 2 is 0.830 bits per heavy atom. The molecule has 0 fully saturated rings. The first-order valence-corrected chi connectivity index (χ1v) is 18.7. The van der Waals surface area contributed by atoms with Crippen molar-refractivity contribution in [3.8, 4) is 67.3 Å². The van der Waals surface area contributed by atoms with Crippen molar-refractivity contribution in [1.82, 2.24) is 9.97 Å². The highest BCUT2D eigenvalue weighted by Gasteiger charge is 2.15. The fraction of sp³-hybridized carbons (Fsp3) is 0. The Kier molecular flexibility index (Phi) is 7.71. The van der Waals surface area contributed by atoms with Gasteiger partial charge in [-0.05, 0) is 92.7 Å². The molecule has 0 aliphatic carbocycles. The van der Waals surface area contributed by atoms with Crippen molar-refractivity contribution >= 4 is 42.3 Å². The van der Waals surface area contributed by atoms with Gasteiger partial charge in [-0.2, -0.15) is 0 Å². The van der Waals surface area contributed by atoms with Gasteiger partial charge in [-0.15, -0.1) is 11.3 Å². The molecule has 0 radical (unpaired) electrons. The lowest BCUT2D eigenvalue weighted by Crippen LogP contribution is -1.97. The summed E-state index contributed by atoms with van der Waals surface area (Å²) in [6, 6.07) is 69.3. The Hall–Kier alpha value is -6.68. The second kappa shape index (κ2) is 13.1. The Morgan fingerprint density at radius 1 is 0.283 bits per heavy atom. The van der Waals surface area contributed by atoms with Crippen LogP contribution in [-0.2, 0) is 0 Å². The first-order valence-electron chi connectivity index (χ1n) is 17.9. The van der Waals surface area contributed by atoms with Gasteiger partial charge in [0.05, 0.1) is 11.4 Å². The smallest absolute Gasteiger partial charge is 0.160 e. The first-order chi connectivity index (χ1) is 26.2. The van der Waals surface area contributed by atoms with Gasteiger partial charge in [0.15, 0.2) is 5.82 Å². The van der Waals surface area contributed by atoms with E-state index in [0.717, 1.165) is 44.8 Å². The van der Waals surface area contributed by atoms with Gasteiger partial charge in [0.2, 0.25) is 0 Å². The standard InChI is InChI=1S/C50H32N2S/c1-3-12-33(13-4-1)41-28-42(39-24-25-45-44-20-9-10-21-48(44)53-49(45)31-39)30-43(29-41)47-32-46(35-15-5-2-6-16-35)51-50(52-47)40-19-11-18-37(27-40)38-23-22-34-14-7-8-17-36(34)26-38/h1-32H. The average Bonchev–Trinajstić information content (AvgIpc) is 3.62. The monoisotopic (exact) mass is 692 g/mol. The number of benzene rings is 8. The molecule has 0 spiro atoms. The Labute approximate surface area is 312 Å². The quantitative estimate of drug-likeness (QED) is 0.173. The summed E-state index contributed by atoms with van der Waals surface area (Å²) in [6.07, 6.45) is 0. The van der Waals surface area contributed by atoms with Crippen LogP contribution in [-0.4, -0.2) is 9.97 Å². The van der Waals surface area contributed by atoms with Crippen LogP contribution in [0.4, 0.5) is 0 Å². The summed E-state index contributed by atoms with van der Waals surface area (Å²) >= 11 is 1.85. The first kappa shape index (κ1) is 31.1. The predicted octanol–water partition coefficient (Wildman–Crippen LogP) is 14.0. The molecule has 2 heterocycles. The predicted molar refractivity (Wildman–Crippen MR) is 225 cm³/mol. The molecule has 53 heavy (non-hydrogen) atoms. The molecule has 0 bridgehead atoms. The van der Waals surface area contributed by atoms with Crippen LogP contribution in [0.1, 0.15) is 0 Å². The Balaban J connectivity index is 1.14. The molecule has 3 heteroatoms. The van der Waals surface area contributed by atoms with Gasteiger partial charge < -0.3 is 0 Å². The maximum atomic E-state index is 5.32. The summed E-state index contributed by atoms with van der Waals surface area (Å²) in [5.41, 5.74) is 11.8. The Bertz CT molecular complexity index is 2950. The van der Waals surface area contributed by atoms with Crippen molar-refractivity contribution in [2.24, 2.45) is 0 Å². The van der Waals surface area contributed by atoms with Crippen molar-refractivity contribution < 1.29 is 0 Å². The van der Waals surface area contributed by atoms with E-state index < -0.39 is 0 Å². The van der Waals surface area contributed by atoms with Crippen LogP contribution in [0.2, 0.25) is 0 Å². The highest BCUT2D eigenvalue weighted by molar-refractivity contribution is 7.25. The molecule has 0 unspecified atom stereocenters. The molecule has 0 saturated carbocycles. The molecule has 2 aromatic heterocycles. The summed E-state index contributed by atoms with van der Waals surface area (Å²) in [7, 11) is 0. The third-order valence-electron chi connectivity index (χ3n) is 10.0. The number of rotatable bonds is 6. The SMILES string of the molecule is c1ccc(-c2cc(-c3ccc4c(c3)sc3ccccc34)cc(-c3cc(-c4ccccc4)nc(-c4cccc(-c5ccc6ccccc6c5)c4)n3)c2)cc1. The molecular formula is C50H32N2S. The van der Waals surface area contributed by atoms with Crippen LogP contribution in [0.3, 0.4) is 0 Å². The molecule has 10 aromatic rings. The summed E-state index contributed by atoms with van der Waals surface area (Å²) in [5, 5.41) is 5.06. The zero-order chi connectivity index (χ0) is 35.1. The zero-order valence-electron chi connectivity index (χ0n) is 28.8. The molecule has 0 atom stereocenters. The van der Waals surface area contributed by atoms with E-state index in [1.165, 1.54) is 47.6 Å². The minimum absolute atomic E-state index is 0.697. The second-order valence-electron chi connectivity index (χ2n) is 13.4. The summed E-state index contributed by atoms with van der Waals surface area (Å²) in [6.45, 7) is 0. The van der Waals surface area contributed by atoms with Gasteiger partial charge >= 0.3 is 0 Å². The number of aromatic nitrogens is 2. The third-order valence-corrected chi connectivity index (χ3v) is 11.2. The van der Waals surface area contributed by atoms with E-state index >= 15 is 0 Å². The number of hydrogen-bond acceptors (Lipinski definition) is 3. The minimum Gasteiger partial charge on any atom is -0.228 e. The van der Waals surface area contributed by atoms with Crippen LogP contribution < -0.4 is 0 Å². The fourth-order valence-corrected chi connectivity index (χ4v) is 8.48. The Morgan fingerprint density at radius 3 is 1.66 bits per heavy atom. The van der Waals surface area contributed by atoms with Gasteiger partial charge in [0.1, 0.15) is 0 Å². The van der Waals surface area contributed by atoms with Gasteiger partial charge in [-0.3, -0.25) is 0 Å². The molecule has 0 amide bonds. The number of nitrogens with zero attached hydrogens (tertiary/aromatic N) is 2. The van der Waals surface area contributed by atoms with E-state index in [1.807, 2.05) is 17.4 Å². The van der Waals surface area contributed by atoms with E-state index in [9.17, 15) is 0 Å². The average molecular weight is 693 g/mol. The van der Waals surface area contributed by atoms with E-state index in [0.29, 0.717) is 5.82 Å². The number of thiophene rings is 1. The van der Waals surface area contributed by atoms with Gasteiger partial charge in [-0.25, -0.2) is 9.97 Å². The van der Waals surface area contributed by atoms with Crippen LogP contribution in [0, 0.1) is 0 Å². The van der Waals surface area contributed by atoms with Crippen molar-refractivity contribution in [3.05, 3.63) is 194 Å². The van der Waals surface area contributed by atoms with E-state index in [4.69, 9.17) is 9.97 Å². The zero-order valence-corrected chi connectivity index (χ0v) is 29.6. The van der Waals surface area contributed by atoms with Crippen LogP contribution >= 0.6 is 11.3 Å². The van der Waals surface area contributed by atoms with Crippen LogP contribution in [0.5, 0.6) is 0 Å². The molecule has 248 valence electrons. The van der Waals surface area contributed by atoms with Gasteiger partial charge in [0.25, 0.3) is 0 Å². The topological polar surface area (TPSA) is 25.8 Å². The van der Waals surface area contributed by atoms with Crippen molar-refractivity contribution in [3.63, 3.8) is 0 Å². The van der Waals surface area contributed by atoms with E-state index in [1.54, 1.807) is 0 Å². The highest BCUT2D eigenvalue weighted by Crippen LogP contribution is 2.39. The molecule has 0 aliphatic heterocycles. The van der Waals surface area contributed by atoms with E-state index in [2.05, 4.69) is 188 Å². The maximum absolute atomic E-state index is 5.32. The molecule has 0 saturated heterocycles. The molecule has 10 rings (SSSR count). The summed E-state index contributed by atoms with van der Waals surface area (Å²) in [5.74, 6) is 0.697. The molecule has 0 aliphatic rings. The lowest BCUT2D eigenvalue weighted by atomic mass is 9.94. The largest absolute Gasteiger partial charge is 0.228 e. The maximum Gasteiger partial charge on any atom is 0.160 e. The van der Waals surface area contributed by atoms with Crippen molar-refractivity contribution in [2.75, 3.05) is 0 Å². The number of fused-ring (bicyclic) bond motifs is 4. The highest BCUT2D eigenvalue weighted by atomic mass is 32.1. The lowest BCUT2D eigenvalue weighted by Gasteiger charge is -2.14. The fourth-order valence-electron chi connectivity index (χ4n) is 7.33. The molecule has 0 N–H and O–H groups in total. The van der Waals surface area contributed by atoms with E-state index in [-0.39, 0.29) is 0 Å². The molecule has 2 nitrogen and oxygen atoms in total. The second-order valence-corrected chi connectivity index (χ2v) is 14.5.